The molecule has 3 rings (SSSR count). The van der Waals surface area contributed by atoms with Crippen molar-refractivity contribution >= 4 is 0 Å². The van der Waals surface area contributed by atoms with Gasteiger partial charge in [0.25, 0.3) is 0 Å². The molecule has 3 atom stereocenters. The van der Waals surface area contributed by atoms with Crippen molar-refractivity contribution in [2.75, 3.05) is 32.8 Å². The normalized spacial score (nSPS) is 46.4. The molecule has 0 aromatic carbocycles. The van der Waals surface area contributed by atoms with E-state index >= 15 is 0 Å². The Kier molecular flexibility index (Phi) is 1.83. The average molecular weight is 184 g/mol. The number of piperazine rings is 1. The van der Waals surface area contributed by atoms with E-state index in [2.05, 4.69) is 16.7 Å². The van der Waals surface area contributed by atoms with Gasteiger partial charge in [-0.15, -0.1) is 0 Å². The van der Waals surface area contributed by atoms with Crippen LogP contribution in [-0.2, 0) is 9.47 Å². The predicted octanol–water partition coefficient (Wildman–Crippen LogP) is -0.295. The average Bonchev–Trinajstić information content (AvgIpc) is 3.00. The molecule has 0 aromatic heterocycles. The topological polar surface area (TPSA) is 31.5 Å². The van der Waals surface area contributed by atoms with Gasteiger partial charge in [0.15, 0.2) is 0 Å². The highest BCUT2D eigenvalue weighted by Gasteiger charge is 2.40. The van der Waals surface area contributed by atoms with Gasteiger partial charge in [0.05, 0.1) is 13.2 Å². The van der Waals surface area contributed by atoms with Crippen molar-refractivity contribution in [1.29, 1.82) is 0 Å². The number of hydrogen-bond donors (Lipinski definition) is 0. The van der Waals surface area contributed by atoms with Gasteiger partial charge in [-0.2, -0.15) is 0 Å². The van der Waals surface area contributed by atoms with Gasteiger partial charge in [-0.1, -0.05) is 0 Å². The van der Waals surface area contributed by atoms with Crippen LogP contribution in [0.3, 0.4) is 0 Å². The molecule has 4 heteroatoms. The second-order valence-electron chi connectivity index (χ2n) is 4.16. The molecule has 3 saturated heterocycles. The van der Waals surface area contributed by atoms with Crippen LogP contribution in [0.5, 0.6) is 0 Å². The number of hydrogen-bond acceptors (Lipinski definition) is 4. The molecule has 4 nitrogen and oxygen atoms in total. The maximum absolute atomic E-state index is 5.31. The van der Waals surface area contributed by atoms with Gasteiger partial charge in [-0.25, -0.2) is 0 Å². The summed E-state index contributed by atoms with van der Waals surface area (Å²) in [7, 11) is 0. The highest BCUT2D eigenvalue weighted by molar-refractivity contribution is 4.87. The van der Waals surface area contributed by atoms with Crippen LogP contribution in [0.1, 0.15) is 6.92 Å². The minimum Gasteiger partial charge on any atom is -0.357 e. The number of nitrogens with zero attached hydrogens (tertiary/aromatic N) is 2. The SMILES string of the molecule is CC1CN(C2CO2)CCN1C1CO1. The van der Waals surface area contributed by atoms with E-state index in [1.807, 2.05) is 0 Å². The predicted molar refractivity (Wildman–Crippen MR) is 47.2 cm³/mol. The third-order valence-electron chi connectivity index (χ3n) is 3.12. The van der Waals surface area contributed by atoms with Gasteiger partial charge in [-0.05, 0) is 6.92 Å². The molecule has 3 aliphatic heterocycles. The van der Waals surface area contributed by atoms with Gasteiger partial charge in [-0.3, -0.25) is 9.80 Å². The summed E-state index contributed by atoms with van der Waals surface area (Å²) in [6, 6.07) is 0.616. The van der Waals surface area contributed by atoms with Crippen molar-refractivity contribution in [3.05, 3.63) is 0 Å². The molecule has 0 saturated carbocycles. The van der Waals surface area contributed by atoms with Crippen LogP contribution in [0.4, 0.5) is 0 Å². The molecular weight excluding hydrogens is 168 g/mol. The van der Waals surface area contributed by atoms with E-state index in [0.717, 1.165) is 32.8 Å². The van der Waals surface area contributed by atoms with E-state index in [-0.39, 0.29) is 0 Å². The van der Waals surface area contributed by atoms with Crippen molar-refractivity contribution in [1.82, 2.24) is 9.80 Å². The van der Waals surface area contributed by atoms with E-state index in [1.165, 1.54) is 0 Å². The molecule has 3 heterocycles. The Morgan fingerprint density at radius 3 is 2.31 bits per heavy atom. The summed E-state index contributed by atoms with van der Waals surface area (Å²) < 4.78 is 10.6. The lowest BCUT2D eigenvalue weighted by atomic mass is 10.2. The molecule has 0 bridgehead atoms. The lowest BCUT2D eigenvalue weighted by molar-refractivity contribution is 0.0259. The summed E-state index contributed by atoms with van der Waals surface area (Å²) in [5.74, 6) is 0. The first-order valence-electron chi connectivity index (χ1n) is 5.07. The summed E-state index contributed by atoms with van der Waals surface area (Å²) in [5.41, 5.74) is 0. The van der Waals surface area contributed by atoms with E-state index in [9.17, 15) is 0 Å². The second kappa shape index (κ2) is 2.92. The molecular formula is C9H16N2O2. The van der Waals surface area contributed by atoms with Crippen molar-refractivity contribution < 1.29 is 9.47 Å². The van der Waals surface area contributed by atoms with Crippen LogP contribution in [-0.4, -0.2) is 61.1 Å². The summed E-state index contributed by atoms with van der Waals surface area (Å²) in [6.45, 7) is 7.54. The Hall–Kier alpha value is -0.160. The standard InChI is InChI=1S/C9H16N2O2/c1-7-4-10(8-5-12-8)2-3-11(7)9-6-13-9/h7-9H,2-6H2,1H3. The smallest absolute Gasteiger partial charge is 0.134 e. The molecule has 0 amide bonds. The largest absolute Gasteiger partial charge is 0.357 e. The molecule has 3 aliphatic rings. The maximum atomic E-state index is 5.31. The molecule has 0 radical (unpaired) electrons. The zero-order chi connectivity index (χ0) is 8.84. The summed E-state index contributed by atoms with van der Waals surface area (Å²) in [6.07, 6.45) is 0.863. The maximum Gasteiger partial charge on any atom is 0.134 e. The van der Waals surface area contributed by atoms with Crippen molar-refractivity contribution in [3.63, 3.8) is 0 Å². The minimum absolute atomic E-state index is 0.428. The van der Waals surface area contributed by atoms with E-state index in [1.54, 1.807) is 0 Å². The van der Waals surface area contributed by atoms with Crippen LogP contribution < -0.4 is 0 Å². The van der Waals surface area contributed by atoms with Crippen molar-refractivity contribution in [2.24, 2.45) is 0 Å². The number of ether oxygens (including phenoxy) is 2. The highest BCUT2D eigenvalue weighted by Crippen LogP contribution is 2.25. The summed E-state index contributed by atoms with van der Waals surface area (Å²) >= 11 is 0. The first kappa shape index (κ1) is 8.17. The second-order valence-corrected chi connectivity index (χ2v) is 4.16. The lowest BCUT2D eigenvalue weighted by Gasteiger charge is -2.38. The summed E-state index contributed by atoms with van der Waals surface area (Å²) in [4.78, 5) is 4.89. The third kappa shape index (κ3) is 1.59. The zero-order valence-electron chi connectivity index (χ0n) is 7.98. The fraction of sp³-hybridized carbons (Fsp3) is 1.00. The fourth-order valence-corrected chi connectivity index (χ4v) is 2.18. The molecule has 0 N–H and O–H groups in total. The summed E-state index contributed by atoms with van der Waals surface area (Å²) in [5, 5.41) is 0. The van der Waals surface area contributed by atoms with Crippen LogP contribution in [0.2, 0.25) is 0 Å². The van der Waals surface area contributed by atoms with E-state index < -0.39 is 0 Å². The van der Waals surface area contributed by atoms with E-state index in [4.69, 9.17) is 9.47 Å². The molecule has 13 heavy (non-hydrogen) atoms. The molecule has 0 aromatic rings. The fourth-order valence-electron chi connectivity index (χ4n) is 2.18. The van der Waals surface area contributed by atoms with Crippen LogP contribution in [0, 0.1) is 0 Å². The Bertz CT molecular complexity index is 204. The number of rotatable bonds is 2. The zero-order valence-corrected chi connectivity index (χ0v) is 7.98. The van der Waals surface area contributed by atoms with Gasteiger partial charge >= 0.3 is 0 Å². The van der Waals surface area contributed by atoms with Crippen LogP contribution >= 0.6 is 0 Å². The Balaban J connectivity index is 1.58. The minimum atomic E-state index is 0.428. The molecule has 74 valence electrons. The molecule has 3 fully saturated rings. The highest BCUT2D eigenvalue weighted by atomic mass is 16.6. The van der Waals surface area contributed by atoms with Crippen LogP contribution in [0.15, 0.2) is 0 Å². The van der Waals surface area contributed by atoms with Gasteiger partial charge in [0.2, 0.25) is 0 Å². The first-order chi connectivity index (χ1) is 6.34. The molecule has 3 unspecified atom stereocenters. The van der Waals surface area contributed by atoms with Gasteiger partial charge in [0, 0.05) is 25.7 Å². The molecule has 0 aliphatic carbocycles. The molecule has 0 spiro atoms. The number of epoxide rings is 2. The van der Waals surface area contributed by atoms with Crippen molar-refractivity contribution in [3.8, 4) is 0 Å². The Morgan fingerprint density at radius 1 is 1.08 bits per heavy atom. The van der Waals surface area contributed by atoms with Crippen molar-refractivity contribution in [2.45, 2.75) is 25.4 Å². The van der Waals surface area contributed by atoms with Gasteiger partial charge in [0.1, 0.15) is 12.5 Å². The van der Waals surface area contributed by atoms with E-state index in [0.29, 0.717) is 18.5 Å². The Labute approximate surface area is 78.4 Å². The first-order valence-corrected chi connectivity index (χ1v) is 5.07. The van der Waals surface area contributed by atoms with Gasteiger partial charge < -0.3 is 9.47 Å². The third-order valence-corrected chi connectivity index (χ3v) is 3.12. The van der Waals surface area contributed by atoms with Crippen LogP contribution in [0.25, 0.3) is 0 Å². The lowest BCUT2D eigenvalue weighted by Crippen LogP contribution is -2.53. The quantitative estimate of drug-likeness (QED) is 0.552. The monoisotopic (exact) mass is 184 g/mol. The Morgan fingerprint density at radius 2 is 1.77 bits per heavy atom.